The summed E-state index contributed by atoms with van der Waals surface area (Å²) in [5.41, 5.74) is 6.62. The van der Waals surface area contributed by atoms with Crippen LogP contribution in [0.1, 0.15) is 31.4 Å². The van der Waals surface area contributed by atoms with E-state index in [0.717, 1.165) is 0 Å². The lowest BCUT2D eigenvalue weighted by molar-refractivity contribution is 0.465. The molecule has 0 saturated carbocycles. The van der Waals surface area contributed by atoms with E-state index in [2.05, 4.69) is 4.72 Å². The molecule has 6 heteroatoms. The summed E-state index contributed by atoms with van der Waals surface area (Å²) in [4.78, 5) is 0.193. The van der Waals surface area contributed by atoms with E-state index in [1.165, 1.54) is 12.1 Å². The van der Waals surface area contributed by atoms with Crippen molar-refractivity contribution in [1.82, 2.24) is 4.72 Å². The normalized spacial score (nSPS) is 13.2. The second-order valence-electron chi connectivity index (χ2n) is 5.28. The molecule has 0 unspecified atom stereocenters. The Hall–Kier alpha value is -1.42. The maximum absolute atomic E-state index is 12.4. The molecule has 0 radical (unpaired) electrons. The van der Waals surface area contributed by atoms with Gasteiger partial charge in [-0.3, -0.25) is 0 Å². The van der Waals surface area contributed by atoms with Gasteiger partial charge in [0.1, 0.15) is 0 Å². The van der Waals surface area contributed by atoms with Gasteiger partial charge in [0, 0.05) is 12.6 Å². The van der Waals surface area contributed by atoms with E-state index >= 15 is 0 Å². The fourth-order valence-corrected chi connectivity index (χ4v) is 3.55. The van der Waals surface area contributed by atoms with Gasteiger partial charge in [-0.2, -0.15) is 5.26 Å². The molecule has 1 atom stereocenters. The summed E-state index contributed by atoms with van der Waals surface area (Å²) in [6.45, 7) is 5.97. The first-order valence-corrected chi connectivity index (χ1v) is 8.01. The largest absolute Gasteiger partial charge is 0.329 e. The summed E-state index contributed by atoms with van der Waals surface area (Å²) in [6.07, 6.45) is 0.686. The zero-order chi connectivity index (χ0) is 15.3. The average Bonchev–Trinajstić information content (AvgIpc) is 2.36. The fraction of sp³-hybridized carbons (Fsp3) is 0.500. The van der Waals surface area contributed by atoms with Gasteiger partial charge < -0.3 is 5.73 Å². The van der Waals surface area contributed by atoms with E-state index < -0.39 is 10.0 Å². The second-order valence-corrected chi connectivity index (χ2v) is 6.96. The van der Waals surface area contributed by atoms with Crippen molar-refractivity contribution in [2.45, 2.75) is 38.1 Å². The molecule has 3 N–H and O–H groups in total. The predicted octanol–water partition coefficient (Wildman–Crippen LogP) is 1.52. The van der Waals surface area contributed by atoms with Crippen molar-refractivity contribution in [3.63, 3.8) is 0 Å². The maximum atomic E-state index is 12.4. The lowest BCUT2D eigenvalue weighted by Gasteiger charge is -2.19. The van der Waals surface area contributed by atoms with Crippen molar-refractivity contribution in [2.24, 2.45) is 11.7 Å². The summed E-state index contributed by atoms with van der Waals surface area (Å²) < 4.78 is 27.3. The number of nitrogens with zero attached hydrogens (tertiary/aromatic N) is 1. The standard InChI is InChI=1S/C14H21N3O2S/c1-10(2)6-13(9-16)17-20(18,19)14-5-4-12(8-15)7-11(14)3/h4-5,7,10,13,17H,6,9,16H2,1-3H3/t13-/m1/s1. The van der Waals surface area contributed by atoms with E-state index in [0.29, 0.717) is 23.5 Å². The minimum absolute atomic E-state index is 0.193. The highest BCUT2D eigenvalue weighted by atomic mass is 32.2. The van der Waals surface area contributed by atoms with E-state index in [4.69, 9.17) is 11.0 Å². The van der Waals surface area contributed by atoms with Crippen LogP contribution in [0, 0.1) is 24.2 Å². The maximum Gasteiger partial charge on any atom is 0.241 e. The third kappa shape index (κ3) is 4.30. The Morgan fingerprint density at radius 2 is 2.05 bits per heavy atom. The number of hydrogen-bond acceptors (Lipinski definition) is 4. The van der Waals surface area contributed by atoms with Crippen LogP contribution in [0.4, 0.5) is 0 Å². The van der Waals surface area contributed by atoms with Gasteiger partial charge in [-0.15, -0.1) is 0 Å². The van der Waals surface area contributed by atoms with Crippen LogP contribution in [-0.4, -0.2) is 21.0 Å². The Labute approximate surface area is 120 Å². The van der Waals surface area contributed by atoms with Crippen LogP contribution in [-0.2, 0) is 10.0 Å². The van der Waals surface area contributed by atoms with Gasteiger partial charge in [0.25, 0.3) is 0 Å². The Balaban J connectivity index is 3.02. The van der Waals surface area contributed by atoms with Crippen LogP contribution < -0.4 is 10.5 Å². The third-order valence-corrected chi connectivity index (χ3v) is 4.64. The zero-order valence-electron chi connectivity index (χ0n) is 12.1. The summed E-state index contributed by atoms with van der Waals surface area (Å²) in [7, 11) is -3.61. The Kier molecular flexibility index (Phi) is 5.69. The van der Waals surface area contributed by atoms with Crippen LogP contribution in [0.15, 0.2) is 23.1 Å². The first-order valence-electron chi connectivity index (χ1n) is 6.53. The van der Waals surface area contributed by atoms with Gasteiger partial charge in [-0.25, -0.2) is 13.1 Å². The number of benzene rings is 1. The molecule has 0 saturated heterocycles. The molecule has 1 aromatic rings. The summed E-state index contributed by atoms with van der Waals surface area (Å²) >= 11 is 0. The highest BCUT2D eigenvalue weighted by molar-refractivity contribution is 7.89. The van der Waals surface area contributed by atoms with Crippen molar-refractivity contribution in [3.05, 3.63) is 29.3 Å². The molecule has 5 nitrogen and oxygen atoms in total. The van der Waals surface area contributed by atoms with Gasteiger partial charge in [0.15, 0.2) is 0 Å². The highest BCUT2D eigenvalue weighted by Gasteiger charge is 2.21. The minimum atomic E-state index is -3.61. The number of nitrogens with one attached hydrogen (secondary N) is 1. The highest BCUT2D eigenvalue weighted by Crippen LogP contribution is 2.17. The number of rotatable bonds is 6. The molecule has 0 heterocycles. The van der Waals surface area contributed by atoms with Gasteiger partial charge in [0.2, 0.25) is 10.0 Å². The third-order valence-electron chi connectivity index (χ3n) is 2.96. The smallest absolute Gasteiger partial charge is 0.241 e. The molecule has 0 spiro atoms. The Morgan fingerprint density at radius 3 is 2.50 bits per heavy atom. The molecule has 0 aromatic heterocycles. The van der Waals surface area contributed by atoms with Crippen LogP contribution in [0.25, 0.3) is 0 Å². The molecule has 110 valence electrons. The van der Waals surface area contributed by atoms with Crippen molar-refractivity contribution < 1.29 is 8.42 Å². The molecule has 0 aliphatic carbocycles. The first kappa shape index (κ1) is 16.6. The number of hydrogen-bond donors (Lipinski definition) is 2. The Bertz CT molecular complexity index is 603. The summed E-state index contributed by atoms with van der Waals surface area (Å²) in [5, 5.41) is 8.81. The second kappa shape index (κ2) is 6.84. The topological polar surface area (TPSA) is 96.0 Å². The first-order chi connectivity index (χ1) is 9.30. The SMILES string of the molecule is Cc1cc(C#N)ccc1S(=O)(=O)N[C@@H](CN)CC(C)C. The van der Waals surface area contributed by atoms with Gasteiger partial charge in [0.05, 0.1) is 16.5 Å². The van der Waals surface area contributed by atoms with Crippen LogP contribution in [0.3, 0.4) is 0 Å². The van der Waals surface area contributed by atoms with Crippen molar-refractivity contribution >= 4 is 10.0 Å². The number of sulfonamides is 1. The zero-order valence-corrected chi connectivity index (χ0v) is 12.9. The molecule has 1 aromatic carbocycles. The summed E-state index contributed by atoms with van der Waals surface area (Å²) in [5.74, 6) is 0.355. The van der Waals surface area contributed by atoms with E-state index in [9.17, 15) is 8.42 Å². The molecular formula is C14H21N3O2S. The van der Waals surface area contributed by atoms with Gasteiger partial charge >= 0.3 is 0 Å². The van der Waals surface area contributed by atoms with Crippen molar-refractivity contribution in [3.8, 4) is 6.07 Å². The lowest BCUT2D eigenvalue weighted by Crippen LogP contribution is -2.41. The van der Waals surface area contributed by atoms with Gasteiger partial charge in [-0.05, 0) is 43.0 Å². The van der Waals surface area contributed by atoms with Crippen molar-refractivity contribution in [2.75, 3.05) is 6.54 Å². The van der Waals surface area contributed by atoms with Crippen molar-refractivity contribution in [1.29, 1.82) is 5.26 Å². The van der Waals surface area contributed by atoms with Crippen LogP contribution in [0.5, 0.6) is 0 Å². The van der Waals surface area contributed by atoms with Gasteiger partial charge in [-0.1, -0.05) is 13.8 Å². The molecular weight excluding hydrogens is 274 g/mol. The quantitative estimate of drug-likeness (QED) is 0.831. The molecule has 0 aliphatic rings. The summed E-state index contributed by atoms with van der Waals surface area (Å²) in [6, 6.07) is 6.23. The van der Waals surface area contributed by atoms with Crippen LogP contribution >= 0.6 is 0 Å². The minimum Gasteiger partial charge on any atom is -0.329 e. The number of nitrogens with two attached hydrogens (primary N) is 1. The molecule has 20 heavy (non-hydrogen) atoms. The fourth-order valence-electron chi connectivity index (χ4n) is 2.06. The van der Waals surface area contributed by atoms with E-state index in [1.807, 2.05) is 19.9 Å². The molecule has 0 bridgehead atoms. The molecule has 0 amide bonds. The van der Waals surface area contributed by atoms with E-state index in [1.54, 1.807) is 13.0 Å². The molecule has 1 rings (SSSR count). The predicted molar refractivity (Wildman–Crippen MR) is 78.5 cm³/mol. The number of nitriles is 1. The average molecular weight is 295 g/mol. The van der Waals surface area contributed by atoms with Crippen LogP contribution in [0.2, 0.25) is 0 Å². The van der Waals surface area contributed by atoms with E-state index in [-0.39, 0.29) is 17.5 Å². The monoisotopic (exact) mass is 295 g/mol. The Morgan fingerprint density at radius 1 is 1.40 bits per heavy atom. The lowest BCUT2D eigenvalue weighted by atomic mass is 10.1. The molecule has 0 fully saturated rings. The molecule has 0 aliphatic heterocycles. The number of aryl methyl sites for hydroxylation is 1.